The maximum atomic E-state index is 12.6. The Morgan fingerprint density at radius 1 is 1.21 bits per heavy atom. The average molecular weight is 436 g/mol. The molecule has 0 unspecified atom stereocenters. The van der Waals surface area contributed by atoms with Gasteiger partial charge in [0.05, 0.1) is 9.90 Å². The monoisotopic (exact) mass is 435 g/mol. The summed E-state index contributed by atoms with van der Waals surface area (Å²) < 4.78 is 26.4. The Bertz CT molecular complexity index is 918. The van der Waals surface area contributed by atoms with E-state index in [1.165, 1.54) is 9.31 Å². The highest BCUT2D eigenvalue weighted by atomic mass is 32.2. The Labute approximate surface area is 177 Å². The van der Waals surface area contributed by atoms with Crippen molar-refractivity contribution in [2.24, 2.45) is 4.99 Å². The first kappa shape index (κ1) is 21.6. The number of rotatable bonds is 6. The predicted molar refractivity (Wildman–Crippen MR) is 120 cm³/mol. The van der Waals surface area contributed by atoms with Crippen LogP contribution in [0.2, 0.25) is 0 Å². The summed E-state index contributed by atoms with van der Waals surface area (Å²) in [7, 11) is 1.33. The molecule has 2 heterocycles. The number of guanidine groups is 1. The molecule has 2 aromatic rings. The van der Waals surface area contributed by atoms with Crippen LogP contribution in [0.25, 0.3) is 0 Å². The second kappa shape index (κ2) is 9.60. The molecule has 0 saturated carbocycles. The summed E-state index contributed by atoms with van der Waals surface area (Å²) in [4.78, 5) is 7.05. The van der Waals surface area contributed by atoms with Crippen molar-refractivity contribution in [3.63, 3.8) is 0 Å². The maximum Gasteiger partial charge on any atom is 0.242 e. The minimum atomic E-state index is -3.49. The summed E-state index contributed by atoms with van der Waals surface area (Å²) in [5.74, 6) is 0.691. The lowest BCUT2D eigenvalue weighted by atomic mass is 10.1. The van der Waals surface area contributed by atoms with Gasteiger partial charge in [0.15, 0.2) is 5.96 Å². The molecule has 0 spiro atoms. The van der Waals surface area contributed by atoms with Crippen LogP contribution in [0, 0.1) is 0 Å². The van der Waals surface area contributed by atoms with Crippen LogP contribution in [0.4, 0.5) is 5.00 Å². The summed E-state index contributed by atoms with van der Waals surface area (Å²) in [5, 5.41) is 10.2. The molecule has 3 rings (SSSR count). The molecule has 0 atom stereocenters. The van der Waals surface area contributed by atoms with Gasteiger partial charge in [0.2, 0.25) is 10.0 Å². The highest BCUT2D eigenvalue weighted by Crippen LogP contribution is 2.24. The summed E-state index contributed by atoms with van der Waals surface area (Å²) >= 11 is 1.78. The van der Waals surface area contributed by atoms with Gasteiger partial charge in [-0.2, -0.15) is 0 Å². The van der Waals surface area contributed by atoms with Crippen molar-refractivity contribution in [2.75, 3.05) is 39.1 Å². The van der Waals surface area contributed by atoms with Gasteiger partial charge in [0.25, 0.3) is 0 Å². The quantitative estimate of drug-likeness (QED) is 0.538. The zero-order valence-electron chi connectivity index (χ0n) is 17.1. The molecule has 0 amide bonds. The van der Waals surface area contributed by atoms with Gasteiger partial charge in [-0.25, -0.2) is 12.7 Å². The zero-order valence-corrected chi connectivity index (χ0v) is 18.8. The highest BCUT2D eigenvalue weighted by Gasteiger charge is 2.22. The van der Waals surface area contributed by atoms with E-state index in [-0.39, 0.29) is 0 Å². The number of aliphatic imine (C=N–C) groups is 1. The minimum absolute atomic E-state index is 0.317. The molecule has 9 heteroatoms. The Morgan fingerprint density at radius 2 is 1.93 bits per heavy atom. The van der Waals surface area contributed by atoms with Crippen molar-refractivity contribution in [3.05, 3.63) is 47.3 Å². The molecule has 1 aliphatic heterocycles. The molecule has 158 valence electrons. The smallest absolute Gasteiger partial charge is 0.242 e. The number of anilines is 1. The normalized spacial score (nSPS) is 16.3. The van der Waals surface area contributed by atoms with Crippen molar-refractivity contribution in [1.82, 2.24) is 14.9 Å². The Hall–Kier alpha value is -2.10. The number of benzene rings is 1. The van der Waals surface area contributed by atoms with Gasteiger partial charge >= 0.3 is 0 Å². The number of sulfonamides is 1. The van der Waals surface area contributed by atoms with E-state index in [2.05, 4.69) is 38.0 Å². The van der Waals surface area contributed by atoms with Crippen molar-refractivity contribution in [1.29, 1.82) is 0 Å². The Morgan fingerprint density at radius 3 is 2.55 bits per heavy atom. The third-order valence-electron chi connectivity index (χ3n) is 5.05. The number of nitrogens with zero attached hydrogens (tertiary/aromatic N) is 3. The van der Waals surface area contributed by atoms with Crippen LogP contribution < -0.4 is 15.5 Å². The lowest BCUT2D eigenvalue weighted by molar-refractivity contribution is 0.462. The van der Waals surface area contributed by atoms with Crippen LogP contribution in [-0.2, 0) is 16.6 Å². The molecule has 0 bridgehead atoms. The third kappa shape index (κ3) is 5.29. The number of thiophene rings is 1. The second-order valence-corrected chi connectivity index (χ2v) is 10.2. The molecule has 0 radical (unpaired) electrons. The minimum Gasteiger partial charge on any atom is -0.363 e. The first-order valence-corrected chi connectivity index (χ1v) is 12.0. The van der Waals surface area contributed by atoms with E-state index in [0.29, 0.717) is 23.4 Å². The summed E-state index contributed by atoms with van der Waals surface area (Å²) in [6.07, 6.45) is 2.06. The van der Waals surface area contributed by atoms with Gasteiger partial charge in [-0.15, -0.1) is 11.3 Å². The SMILES string of the molecule is CN=C(NCc1ccccc1S(=O)(=O)N(C)C)NC1CCN(c2cccs2)CC1. The number of nitrogens with one attached hydrogen (secondary N) is 2. The van der Waals surface area contributed by atoms with E-state index in [1.54, 1.807) is 44.6 Å². The van der Waals surface area contributed by atoms with Gasteiger partial charge in [0.1, 0.15) is 0 Å². The zero-order chi connectivity index (χ0) is 20.9. The first-order valence-electron chi connectivity index (χ1n) is 9.68. The van der Waals surface area contributed by atoms with Gasteiger partial charge in [-0.1, -0.05) is 18.2 Å². The predicted octanol–water partition coefficient (Wildman–Crippen LogP) is 2.33. The van der Waals surface area contributed by atoms with Crippen molar-refractivity contribution in [2.45, 2.75) is 30.3 Å². The second-order valence-electron chi connectivity index (χ2n) is 7.18. The maximum absolute atomic E-state index is 12.6. The molecule has 7 nitrogen and oxygen atoms in total. The summed E-state index contributed by atoms with van der Waals surface area (Å²) in [6, 6.07) is 11.7. The molecule has 1 saturated heterocycles. The van der Waals surface area contributed by atoms with Crippen LogP contribution >= 0.6 is 11.3 Å². The van der Waals surface area contributed by atoms with E-state index in [9.17, 15) is 8.42 Å². The van der Waals surface area contributed by atoms with Gasteiger partial charge < -0.3 is 15.5 Å². The molecule has 1 fully saturated rings. The highest BCUT2D eigenvalue weighted by molar-refractivity contribution is 7.89. The molecular weight excluding hydrogens is 406 g/mol. The van der Waals surface area contributed by atoms with Crippen LogP contribution in [0.1, 0.15) is 18.4 Å². The third-order valence-corrected chi connectivity index (χ3v) is 7.90. The Balaban J connectivity index is 1.57. The van der Waals surface area contributed by atoms with Gasteiger partial charge in [-0.3, -0.25) is 4.99 Å². The molecule has 1 aromatic carbocycles. The summed E-state index contributed by atoms with van der Waals surface area (Å²) in [5.41, 5.74) is 0.719. The molecule has 1 aromatic heterocycles. The van der Waals surface area contributed by atoms with Crippen LogP contribution in [0.15, 0.2) is 51.7 Å². The standard InChI is InChI=1S/C20H29N5O2S2/c1-21-20(23-17-10-12-25(13-11-17)19-9-6-14-28-19)22-15-16-7-4-5-8-18(16)29(26,27)24(2)3/h4-9,14,17H,10-13,15H2,1-3H3,(H2,21,22,23). The fourth-order valence-electron chi connectivity index (χ4n) is 3.36. The van der Waals surface area contributed by atoms with Crippen LogP contribution in [-0.4, -0.2) is 59.0 Å². The number of piperidine rings is 1. The van der Waals surface area contributed by atoms with E-state index >= 15 is 0 Å². The Kier molecular flexibility index (Phi) is 7.15. The van der Waals surface area contributed by atoms with Gasteiger partial charge in [0, 0.05) is 46.8 Å². The fourth-order valence-corrected chi connectivity index (χ4v) is 5.26. The number of hydrogen-bond acceptors (Lipinski definition) is 5. The van der Waals surface area contributed by atoms with Crippen LogP contribution in [0.3, 0.4) is 0 Å². The lowest BCUT2D eigenvalue weighted by Crippen LogP contribution is -2.48. The summed E-state index contributed by atoms with van der Waals surface area (Å²) in [6.45, 7) is 2.41. The van der Waals surface area contributed by atoms with Crippen molar-refractivity contribution < 1.29 is 8.42 Å². The van der Waals surface area contributed by atoms with Crippen molar-refractivity contribution >= 4 is 32.3 Å². The van der Waals surface area contributed by atoms with Gasteiger partial charge in [-0.05, 0) is 42.0 Å². The first-order chi connectivity index (χ1) is 13.9. The lowest BCUT2D eigenvalue weighted by Gasteiger charge is -2.33. The average Bonchev–Trinajstić information content (AvgIpc) is 3.26. The van der Waals surface area contributed by atoms with E-state index < -0.39 is 10.0 Å². The van der Waals surface area contributed by atoms with Crippen LogP contribution in [0.5, 0.6) is 0 Å². The van der Waals surface area contributed by atoms with E-state index in [4.69, 9.17) is 0 Å². The van der Waals surface area contributed by atoms with Crippen molar-refractivity contribution in [3.8, 4) is 0 Å². The molecule has 0 aliphatic carbocycles. The molecule has 1 aliphatic rings. The number of hydrogen-bond donors (Lipinski definition) is 2. The topological polar surface area (TPSA) is 77.0 Å². The fraction of sp³-hybridized carbons (Fsp3) is 0.450. The molecule has 2 N–H and O–H groups in total. The van der Waals surface area contributed by atoms with E-state index in [0.717, 1.165) is 31.5 Å². The van der Waals surface area contributed by atoms with E-state index in [1.807, 2.05) is 12.1 Å². The molecular formula is C20H29N5O2S2. The molecule has 29 heavy (non-hydrogen) atoms. The largest absolute Gasteiger partial charge is 0.363 e.